The van der Waals surface area contributed by atoms with Crippen molar-refractivity contribution in [3.05, 3.63) is 79.8 Å². The lowest BCUT2D eigenvalue weighted by Gasteiger charge is -2.08. The Kier molecular flexibility index (Phi) is 5.00. The molecule has 0 aliphatic heterocycles. The highest BCUT2D eigenvalue weighted by atomic mass is 35.5. The molecule has 0 saturated carbocycles. The van der Waals surface area contributed by atoms with E-state index < -0.39 is 0 Å². The monoisotopic (exact) mass is 357 g/mol. The lowest BCUT2D eigenvalue weighted by Crippen LogP contribution is -2.32. The van der Waals surface area contributed by atoms with Gasteiger partial charge >= 0.3 is 0 Å². The molecule has 6 nitrogen and oxygen atoms in total. The number of hydrogen-bond donors (Lipinski definition) is 2. The fourth-order valence-corrected chi connectivity index (χ4v) is 2.63. The SMILES string of the molecule is O=C(CCn1[nH]c(=O)c2ccccc2c1=O)NCc1ccc(Cl)cc1. The molecule has 1 heterocycles. The first kappa shape index (κ1) is 17.0. The van der Waals surface area contributed by atoms with Crippen molar-refractivity contribution in [3.63, 3.8) is 0 Å². The highest BCUT2D eigenvalue weighted by Crippen LogP contribution is 2.09. The van der Waals surface area contributed by atoms with Crippen LogP contribution in [0.25, 0.3) is 10.8 Å². The molecule has 3 aromatic rings. The minimum Gasteiger partial charge on any atom is -0.352 e. The number of halogens is 1. The number of nitrogens with zero attached hydrogens (tertiary/aromatic N) is 1. The van der Waals surface area contributed by atoms with Gasteiger partial charge in [0.05, 0.1) is 17.3 Å². The Labute approximate surface area is 148 Å². The lowest BCUT2D eigenvalue weighted by atomic mass is 10.2. The molecule has 0 atom stereocenters. The zero-order chi connectivity index (χ0) is 17.8. The Morgan fingerprint density at radius 1 is 1.04 bits per heavy atom. The van der Waals surface area contributed by atoms with Crippen LogP contribution in [0.1, 0.15) is 12.0 Å². The number of carbonyl (C=O) groups excluding carboxylic acids is 1. The van der Waals surface area contributed by atoms with Crippen molar-refractivity contribution in [2.45, 2.75) is 19.5 Å². The molecule has 3 rings (SSSR count). The van der Waals surface area contributed by atoms with Crippen molar-refractivity contribution >= 4 is 28.3 Å². The summed E-state index contributed by atoms with van der Waals surface area (Å²) in [6.07, 6.45) is 0.0851. The van der Waals surface area contributed by atoms with Gasteiger partial charge in [-0.3, -0.25) is 19.5 Å². The third kappa shape index (κ3) is 3.97. The van der Waals surface area contributed by atoms with E-state index in [1.54, 1.807) is 36.4 Å². The van der Waals surface area contributed by atoms with Crippen molar-refractivity contribution in [2.75, 3.05) is 0 Å². The predicted octanol–water partition coefficient (Wildman–Crippen LogP) is 2.05. The Morgan fingerprint density at radius 3 is 2.44 bits per heavy atom. The zero-order valence-electron chi connectivity index (χ0n) is 13.3. The molecule has 1 aromatic heterocycles. The zero-order valence-corrected chi connectivity index (χ0v) is 14.0. The summed E-state index contributed by atoms with van der Waals surface area (Å²) in [5.74, 6) is -0.212. The number of aryl methyl sites for hydroxylation is 1. The predicted molar refractivity (Wildman–Crippen MR) is 96.7 cm³/mol. The number of rotatable bonds is 5. The average molecular weight is 358 g/mol. The van der Waals surface area contributed by atoms with Crippen molar-refractivity contribution in [1.29, 1.82) is 0 Å². The number of aromatic nitrogens is 2. The number of benzene rings is 2. The highest BCUT2D eigenvalue weighted by molar-refractivity contribution is 6.30. The molecule has 1 amide bonds. The van der Waals surface area contributed by atoms with Gasteiger partial charge in [0, 0.05) is 18.0 Å². The molecule has 0 bridgehead atoms. The van der Waals surface area contributed by atoms with Gasteiger partial charge in [-0.15, -0.1) is 0 Å². The smallest absolute Gasteiger partial charge is 0.273 e. The summed E-state index contributed by atoms with van der Waals surface area (Å²) in [6.45, 7) is 0.477. The van der Waals surface area contributed by atoms with E-state index in [-0.39, 0.29) is 30.0 Å². The van der Waals surface area contributed by atoms with E-state index in [2.05, 4.69) is 10.4 Å². The summed E-state index contributed by atoms with van der Waals surface area (Å²) in [5, 5.41) is 6.60. The second kappa shape index (κ2) is 7.36. The van der Waals surface area contributed by atoms with Gasteiger partial charge in [0.1, 0.15) is 0 Å². The molecule has 7 heteroatoms. The van der Waals surface area contributed by atoms with E-state index in [0.717, 1.165) is 5.56 Å². The molecule has 0 aliphatic rings. The van der Waals surface area contributed by atoms with Gasteiger partial charge in [-0.25, -0.2) is 4.68 Å². The van der Waals surface area contributed by atoms with Gasteiger partial charge in [0.25, 0.3) is 11.1 Å². The van der Waals surface area contributed by atoms with Crippen molar-refractivity contribution in [3.8, 4) is 0 Å². The molecule has 0 unspecified atom stereocenters. The quantitative estimate of drug-likeness (QED) is 0.733. The Bertz CT molecular complexity index is 1020. The van der Waals surface area contributed by atoms with Crippen LogP contribution >= 0.6 is 11.6 Å². The first-order valence-corrected chi connectivity index (χ1v) is 8.15. The van der Waals surface area contributed by atoms with Crippen LogP contribution in [0.3, 0.4) is 0 Å². The number of aromatic amines is 1. The summed E-state index contributed by atoms with van der Waals surface area (Å²) in [5.41, 5.74) is 0.256. The average Bonchev–Trinajstić information content (AvgIpc) is 2.63. The van der Waals surface area contributed by atoms with Crippen LogP contribution in [-0.4, -0.2) is 15.7 Å². The van der Waals surface area contributed by atoms with Crippen molar-refractivity contribution in [1.82, 2.24) is 15.1 Å². The minimum atomic E-state index is -0.350. The number of H-pyrrole nitrogens is 1. The molecule has 0 spiro atoms. The molecule has 2 N–H and O–H groups in total. The third-order valence-electron chi connectivity index (χ3n) is 3.85. The maximum absolute atomic E-state index is 12.4. The molecular weight excluding hydrogens is 342 g/mol. The van der Waals surface area contributed by atoms with Gasteiger partial charge in [0.15, 0.2) is 0 Å². The summed E-state index contributed by atoms with van der Waals surface area (Å²) < 4.78 is 1.17. The van der Waals surface area contributed by atoms with Crippen LogP contribution in [0.4, 0.5) is 0 Å². The van der Waals surface area contributed by atoms with E-state index in [1.807, 2.05) is 12.1 Å². The molecule has 0 aliphatic carbocycles. The van der Waals surface area contributed by atoms with E-state index in [4.69, 9.17) is 11.6 Å². The second-order valence-corrected chi connectivity index (χ2v) is 6.03. The van der Waals surface area contributed by atoms with E-state index in [0.29, 0.717) is 22.3 Å². The van der Waals surface area contributed by atoms with Crippen LogP contribution in [-0.2, 0) is 17.9 Å². The maximum Gasteiger partial charge on any atom is 0.273 e. The number of fused-ring (bicyclic) bond motifs is 1. The number of hydrogen-bond acceptors (Lipinski definition) is 3. The summed E-state index contributed by atoms with van der Waals surface area (Å²) in [7, 11) is 0. The van der Waals surface area contributed by atoms with Gasteiger partial charge < -0.3 is 5.32 Å². The lowest BCUT2D eigenvalue weighted by molar-refractivity contribution is -0.121. The first-order valence-electron chi connectivity index (χ1n) is 7.77. The van der Waals surface area contributed by atoms with Gasteiger partial charge in [-0.05, 0) is 29.8 Å². The molecule has 0 radical (unpaired) electrons. The van der Waals surface area contributed by atoms with Gasteiger partial charge in [0.2, 0.25) is 5.91 Å². The Morgan fingerprint density at radius 2 is 1.72 bits per heavy atom. The van der Waals surface area contributed by atoms with Crippen molar-refractivity contribution in [2.24, 2.45) is 0 Å². The van der Waals surface area contributed by atoms with Crippen LogP contribution < -0.4 is 16.4 Å². The molecular formula is C18H16ClN3O3. The van der Waals surface area contributed by atoms with Gasteiger partial charge in [-0.1, -0.05) is 35.9 Å². The van der Waals surface area contributed by atoms with Crippen LogP contribution in [0.5, 0.6) is 0 Å². The number of amides is 1. The third-order valence-corrected chi connectivity index (χ3v) is 4.10. The summed E-state index contributed by atoms with van der Waals surface area (Å²) in [4.78, 5) is 36.3. The molecule has 2 aromatic carbocycles. The summed E-state index contributed by atoms with van der Waals surface area (Å²) in [6, 6.07) is 13.8. The van der Waals surface area contributed by atoms with Crippen LogP contribution in [0, 0.1) is 0 Å². The molecule has 0 saturated heterocycles. The normalized spacial score (nSPS) is 10.8. The van der Waals surface area contributed by atoms with E-state index in [1.165, 1.54) is 4.68 Å². The summed E-state index contributed by atoms with van der Waals surface area (Å²) >= 11 is 5.81. The van der Waals surface area contributed by atoms with Gasteiger partial charge in [-0.2, -0.15) is 0 Å². The maximum atomic E-state index is 12.4. The standard InChI is InChI=1S/C18H16ClN3O3/c19-13-7-5-12(6-8-13)11-20-16(23)9-10-22-18(25)15-4-2-1-3-14(15)17(24)21-22/h1-8H,9-11H2,(H,20,23)(H,21,24). The largest absolute Gasteiger partial charge is 0.352 e. The van der Waals surface area contributed by atoms with Crippen LogP contribution in [0.15, 0.2) is 58.1 Å². The topological polar surface area (TPSA) is 84.0 Å². The Balaban J connectivity index is 1.65. The number of nitrogens with one attached hydrogen (secondary N) is 2. The Hall–Kier alpha value is -2.86. The van der Waals surface area contributed by atoms with E-state index in [9.17, 15) is 14.4 Å². The van der Waals surface area contributed by atoms with Crippen LogP contribution in [0.2, 0.25) is 5.02 Å². The minimum absolute atomic E-state index is 0.0851. The van der Waals surface area contributed by atoms with Crippen molar-refractivity contribution < 1.29 is 4.79 Å². The highest BCUT2D eigenvalue weighted by Gasteiger charge is 2.08. The molecule has 128 valence electrons. The van der Waals surface area contributed by atoms with E-state index >= 15 is 0 Å². The molecule has 25 heavy (non-hydrogen) atoms. The molecule has 0 fully saturated rings. The second-order valence-electron chi connectivity index (χ2n) is 5.60. The first-order chi connectivity index (χ1) is 12.0. The fourth-order valence-electron chi connectivity index (χ4n) is 2.51. The number of carbonyl (C=O) groups is 1. The fraction of sp³-hybridized carbons (Fsp3) is 0.167.